The standard InChI is InChI=1S/C27H36ClN3O3S/c1-17-14-23(19-6-7-21(22(28)15-19)18-8-11-30(5)12-9-18)35-24(17)25(32)31-13-10-20(16-31)29-26(33)34-27(2,3)4/h6-7,14-15,18,20H,8-13,16H2,1-5H3,(H,29,33)/t20-/m0/s1. The summed E-state index contributed by atoms with van der Waals surface area (Å²) >= 11 is 8.24. The number of carbonyl (C=O) groups excluding carboxylic acids is 2. The number of ether oxygens (including phenoxy) is 1. The van der Waals surface area contributed by atoms with Gasteiger partial charge >= 0.3 is 6.09 Å². The van der Waals surface area contributed by atoms with Gasteiger partial charge in [0.15, 0.2) is 0 Å². The zero-order valence-electron chi connectivity index (χ0n) is 21.3. The van der Waals surface area contributed by atoms with Gasteiger partial charge in [0, 0.05) is 23.0 Å². The molecule has 8 heteroatoms. The van der Waals surface area contributed by atoms with E-state index in [2.05, 4.69) is 35.5 Å². The second-order valence-corrected chi connectivity index (χ2v) is 12.3. The zero-order valence-corrected chi connectivity index (χ0v) is 22.9. The molecule has 1 atom stereocenters. The molecule has 0 spiro atoms. The van der Waals surface area contributed by atoms with Gasteiger partial charge in [-0.25, -0.2) is 4.79 Å². The van der Waals surface area contributed by atoms with E-state index < -0.39 is 11.7 Å². The Morgan fingerprint density at radius 3 is 2.49 bits per heavy atom. The van der Waals surface area contributed by atoms with Gasteiger partial charge in [0.05, 0.1) is 10.9 Å². The second-order valence-electron chi connectivity index (χ2n) is 10.8. The van der Waals surface area contributed by atoms with E-state index in [0.717, 1.165) is 58.3 Å². The lowest BCUT2D eigenvalue weighted by atomic mass is 9.89. The van der Waals surface area contributed by atoms with Gasteiger partial charge < -0.3 is 19.9 Å². The molecule has 35 heavy (non-hydrogen) atoms. The van der Waals surface area contributed by atoms with E-state index in [-0.39, 0.29) is 11.9 Å². The van der Waals surface area contributed by atoms with Gasteiger partial charge in [0.2, 0.25) is 0 Å². The highest BCUT2D eigenvalue weighted by molar-refractivity contribution is 7.17. The number of amides is 2. The fourth-order valence-corrected chi connectivity index (χ4v) is 6.32. The van der Waals surface area contributed by atoms with Gasteiger partial charge in [0.25, 0.3) is 5.91 Å². The second kappa shape index (κ2) is 10.5. The number of thiophene rings is 1. The summed E-state index contributed by atoms with van der Waals surface area (Å²) in [5.41, 5.74) is 2.70. The minimum absolute atomic E-state index is 0.0151. The Morgan fingerprint density at radius 2 is 1.83 bits per heavy atom. The normalized spacial score (nSPS) is 19.7. The molecular weight excluding hydrogens is 482 g/mol. The van der Waals surface area contributed by atoms with E-state index in [1.807, 2.05) is 38.7 Å². The third-order valence-electron chi connectivity index (χ3n) is 6.75. The van der Waals surface area contributed by atoms with Crippen LogP contribution in [0.4, 0.5) is 4.79 Å². The largest absolute Gasteiger partial charge is 0.444 e. The first-order chi connectivity index (χ1) is 16.5. The summed E-state index contributed by atoms with van der Waals surface area (Å²) < 4.78 is 5.35. The number of nitrogens with one attached hydrogen (secondary N) is 1. The van der Waals surface area contributed by atoms with E-state index in [0.29, 0.717) is 19.0 Å². The molecule has 2 aliphatic rings. The van der Waals surface area contributed by atoms with Crippen molar-refractivity contribution in [3.05, 3.63) is 45.3 Å². The lowest BCUT2D eigenvalue weighted by molar-refractivity contribution is 0.0502. The third-order valence-corrected chi connectivity index (χ3v) is 8.35. The number of nitrogens with zero attached hydrogens (tertiary/aromatic N) is 2. The van der Waals surface area contributed by atoms with Crippen LogP contribution >= 0.6 is 22.9 Å². The lowest BCUT2D eigenvalue weighted by Crippen LogP contribution is -2.41. The fraction of sp³-hybridized carbons (Fsp3) is 0.556. The van der Waals surface area contributed by atoms with Crippen molar-refractivity contribution in [2.24, 2.45) is 0 Å². The number of alkyl carbamates (subject to hydrolysis) is 1. The summed E-state index contributed by atoms with van der Waals surface area (Å²) in [5, 5.41) is 3.70. The molecule has 2 amide bonds. The van der Waals surface area contributed by atoms with Crippen molar-refractivity contribution < 1.29 is 14.3 Å². The lowest BCUT2D eigenvalue weighted by Gasteiger charge is -2.29. The monoisotopic (exact) mass is 517 g/mol. The number of hydrogen-bond acceptors (Lipinski definition) is 5. The van der Waals surface area contributed by atoms with E-state index in [4.69, 9.17) is 16.3 Å². The Labute approximate surface area is 217 Å². The number of piperidine rings is 1. The first kappa shape index (κ1) is 26.0. The van der Waals surface area contributed by atoms with Gasteiger partial charge in [-0.3, -0.25) is 4.79 Å². The molecule has 2 saturated heterocycles. The number of carbonyl (C=O) groups is 2. The van der Waals surface area contributed by atoms with E-state index in [1.54, 1.807) is 0 Å². The third kappa shape index (κ3) is 6.38. The SMILES string of the molecule is Cc1cc(-c2ccc(C3CCN(C)CC3)c(Cl)c2)sc1C(=O)N1CC[C@H](NC(=O)OC(C)(C)C)C1. The minimum atomic E-state index is -0.545. The van der Waals surface area contributed by atoms with Gasteiger partial charge in [-0.2, -0.15) is 0 Å². The molecule has 0 saturated carbocycles. The Kier molecular flexibility index (Phi) is 7.79. The summed E-state index contributed by atoms with van der Waals surface area (Å²) in [5.74, 6) is 0.522. The minimum Gasteiger partial charge on any atom is -0.444 e. The van der Waals surface area contributed by atoms with Gasteiger partial charge in [-0.15, -0.1) is 11.3 Å². The first-order valence-electron chi connectivity index (χ1n) is 12.4. The number of likely N-dealkylation sites (tertiary alicyclic amines) is 2. The molecule has 190 valence electrons. The quantitative estimate of drug-likeness (QED) is 0.546. The van der Waals surface area contributed by atoms with Crippen LogP contribution in [-0.2, 0) is 4.74 Å². The Balaban J connectivity index is 1.42. The molecule has 1 aromatic carbocycles. The molecule has 2 aromatic rings. The summed E-state index contributed by atoms with van der Waals surface area (Å²) in [6.45, 7) is 10.8. The van der Waals surface area contributed by atoms with Crippen LogP contribution in [0.15, 0.2) is 24.3 Å². The Morgan fingerprint density at radius 1 is 1.11 bits per heavy atom. The van der Waals surface area contributed by atoms with Gasteiger partial charge in [0.1, 0.15) is 5.60 Å². The maximum absolute atomic E-state index is 13.3. The number of aryl methyl sites for hydroxylation is 1. The Bertz CT molecular complexity index is 1090. The van der Waals surface area contributed by atoms with Crippen LogP contribution in [0.25, 0.3) is 10.4 Å². The molecular formula is C27H36ClN3O3S. The maximum Gasteiger partial charge on any atom is 0.407 e. The van der Waals surface area contributed by atoms with Gasteiger partial charge in [-0.1, -0.05) is 23.7 Å². The number of halogens is 1. The fourth-order valence-electron chi connectivity index (χ4n) is 4.85. The van der Waals surface area contributed by atoms with Crippen LogP contribution in [0, 0.1) is 6.92 Å². The molecule has 0 bridgehead atoms. The highest BCUT2D eigenvalue weighted by Crippen LogP contribution is 2.38. The van der Waals surface area contributed by atoms with Crippen LogP contribution < -0.4 is 5.32 Å². The zero-order chi connectivity index (χ0) is 25.3. The van der Waals surface area contributed by atoms with Crippen molar-refractivity contribution in [2.45, 2.75) is 64.5 Å². The summed E-state index contributed by atoms with van der Waals surface area (Å²) in [7, 11) is 2.17. The highest BCUT2D eigenvalue weighted by Gasteiger charge is 2.31. The summed E-state index contributed by atoms with van der Waals surface area (Å²) in [6, 6.07) is 8.32. The molecule has 1 N–H and O–H groups in total. The Hall–Kier alpha value is -2.09. The predicted molar refractivity (Wildman–Crippen MR) is 143 cm³/mol. The van der Waals surface area contributed by atoms with E-state index >= 15 is 0 Å². The van der Waals surface area contributed by atoms with Crippen LogP contribution in [0.1, 0.15) is 66.8 Å². The van der Waals surface area contributed by atoms with Crippen LogP contribution in [0.2, 0.25) is 5.02 Å². The summed E-state index contributed by atoms with van der Waals surface area (Å²) in [4.78, 5) is 31.4. The summed E-state index contributed by atoms with van der Waals surface area (Å²) in [6.07, 6.45) is 2.54. The van der Waals surface area contributed by atoms with Crippen molar-refractivity contribution in [3.8, 4) is 10.4 Å². The van der Waals surface area contributed by atoms with E-state index in [9.17, 15) is 9.59 Å². The van der Waals surface area contributed by atoms with Crippen LogP contribution in [-0.4, -0.2) is 66.7 Å². The van der Waals surface area contributed by atoms with Crippen LogP contribution in [0.3, 0.4) is 0 Å². The van der Waals surface area contributed by atoms with Crippen molar-refractivity contribution in [1.29, 1.82) is 0 Å². The van der Waals surface area contributed by atoms with Crippen molar-refractivity contribution in [1.82, 2.24) is 15.1 Å². The molecule has 1 aromatic heterocycles. The number of rotatable bonds is 4. The molecule has 3 heterocycles. The number of benzene rings is 1. The topological polar surface area (TPSA) is 61.9 Å². The average molecular weight is 518 g/mol. The number of hydrogen-bond donors (Lipinski definition) is 1. The van der Waals surface area contributed by atoms with Crippen molar-refractivity contribution in [2.75, 3.05) is 33.2 Å². The van der Waals surface area contributed by atoms with Gasteiger partial charge in [-0.05, 0) is 102 Å². The van der Waals surface area contributed by atoms with Crippen molar-refractivity contribution in [3.63, 3.8) is 0 Å². The van der Waals surface area contributed by atoms with Crippen molar-refractivity contribution >= 4 is 34.9 Å². The molecule has 6 nitrogen and oxygen atoms in total. The average Bonchev–Trinajstić information content (AvgIpc) is 3.39. The molecule has 2 aliphatic heterocycles. The molecule has 0 unspecified atom stereocenters. The van der Waals surface area contributed by atoms with E-state index in [1.165, 1.54) is 16.9 Å². The maximum atomic E-state index is 13.3. The van der Waals surface area contributed by atoms with Crippen LogP contribution in [0.5, 0.6) is 0 Å². The first-order valence-corrected chi connectivity index (χ1v) is 13.6. The smallest absolute Gasteiger partial charge is 0.407 e. The molecule has 0 radical (unpaired) electrons. The molecule has 0 aliphatic carbocycles. The predicted octanol–water partition coefficient (Wildman–Crippen LogP) is 5.93. The highest BCUT2D eigenvalue weighted by atomic mass is 35.5. The molecule has 4 rings (SSSR count). The molecule has 2 fully saturated rings.